The van der Waals surface area contributed by atoms with E-state index in [1.807, 2.05) is 0 Å². The van der Waals surface area contributed by atoms with Crippen molar-refractivity contribution < 1.29 is 0 Å². The lowest BCUT2D eigenvalue weighted by molar-refractivity contribution is -0.129. The van der Waals surface area contributed by atoms with Crippen LogP contribution in [0.25, 0.3) is 11.1 Å². The van der Waals surface area contributed by atoms with Crippen LogP contribution in [-0.4, -0.2) is 35.1 Å². The van der Waals surface area contributed by atoms with Crippen LogP contribution in [-0.2, 0) is 0 Å². The molecule has 2 unspecified atom stereocenters. The lowest BCUT2D eigenvalue weighted by Crippen LogP contribution is -2.72. The molecule has 31 heavy (non-hydrogen) atoms. The van der Waals surface area contributed by atoms with Gasteiger partial charge in [0.05, 0.1) is 0 Å². The van der Waals surface area contributed by atoms with Crippen molar-refractivity contribution in [2.75, 3.05) is 19.6 Å². The molecule has 0 amide bonds. The van der Waals surface area contributed by atoms with Crippen LogP contribution in [0.15, 0.2) is 71.9 Å². The standard InChI is InChI=1S/C29H36N2/c1-22(25-13-6-4-7-14-25)24(3)31-20-12-19-30-18-11-10-17-28-27(21-29(28,30)31)23(2)26-15-8-5-9-16-26/h4-9,13-16,28H,10-12,17-21H2,1-3H3/b24-22+,27-23-. The molecule has 1 spiro atoms. The van der Waals surface area contributed by atoms with Crippen molar-refractivity contribution in [3.63, 3.8) is 0 Å². The first kappa shape index (κ1) is 20.6. The van der Waals surface area contributed by atoms with Gasteiger partial charge in [0.1, 0.15) is 5.66 Å². The summed E-state index contributed by atoms with van der Waals surface area (Å²) in [5.74, 6) is 0.647. The summed E-state index contributed by atoms with van der Waals surface area (Å²) < 4.78 is 0. The van der Waals surface area contributed by atoms with E-state index in [9.17, 15) is 0 Å². The number of nitrogens with zero attached hydrogens (tertiary/aromatic N) is 2. The highest BCUT2D eigenvalue weighted by molar-refractivity contribution is 5.70. The third kappa shape index (κ3) is 3.36. The van der Waals surface area contributed by atoms with Gasteiger partial charge in [0, 0.05) is 37.7 Å². The summed E-state index contributed by atoms with van der Waals surface area (Å²) in [5.41, 5.74) is 9.06. The first-order valence-electron chi connectivity index (χ1n) is 12.1. The van der Waals surface area contributed by atoms with Gasteiger partial charge < -0.3 is 4.90 Å². The number of rotatable bonds is 3. The van der Waals surface area contributed by atoms with Gasteiger partial charge in [-0.05, 0) is 62.3 Å². The second-order valence-corrected chi connectivity index (χ2v) is 9.69. The molecule has 1 aliphatic carbocycles. The van der Waals surface area contributed by atoms with E-state index < -0.39 is 0 Å². The normalized spacial score (nSPS) is 28.6. The fourth-order valence-corrected chi connectivity index (χ4v) is 6.45. The number of benzene rings is 2. The Labute approximate surface area is 188 Å². The first-order chi connectivity index (χ1) is 15.1. The minimum atomic E-state index is 0.181. The van der Waals surface area contributed by atoms with Crippen LogP contribution in [0, 0.1) is 5.92 Å². The van der Waals surface area contributed by atoms with Crippen molar-refractivity contribution >= 4 is 11.1 Å². The molecule has 2 atom stereocenters. The Bertz CT molecular complexity index is 988. The average molecular weight is 413 g/mol. The molecule has 1 saturated carbocycles. The third-order valence-corrected chi connectivity index (χ3v) is 8.27. The van der Waals surface area contributed by atoms with Crippen LogP contribution in [0.1, 0.15) is 64.0 Å². The minimum Gasteiger partial charge on any atom is -0.356 e. The van der Waals surface area contributed by atoms with Crippen LogP contribution < -0.4 is 0 Å². The highest BCUT2D eigenvalue weighted by atomic mass is 15.4. The lowest BCUT2D eigenvalue weighted by atomic mass is 9.62. The van der Waals surface area contributed by atoms with Gasteiger partial charge in [0.2, 0.25) is 0 Å². The van der Waals surface area contributed by atoms with E-state index in [1.54, 1.807) is 5.57 Å². The second kappa shape index (κ2) is 8.31. The molecule has 3 fully saturated rings. The zero-order chi connectivity index (χ0) is 21.4. The van der Waals surface area contributed by atoms with Gasteiger partial charge in [0.25, 0.3) is 0 Å². The molecule has 2 aromatic rings. The molecule has 2 nitrogen and oxygen atoms in total. The third-order valence-electron chi connectivity index (χ3n) is 8.27. The fourth-order valence-electron chi connectivity index (χ4n) is 6.45. The topological polar surface area (TPSA) is 6.48 Å². The highest BCUT2D eigenvalue weighted by Gasteiger charge is 2.59. The van der Waals surface area contributed by atoms with E-state index in [1.165, 1.54) is 79.7 Å². The highest BCUT2D eigenvalue weighted by Crippen LogP contribution is 2.58. The zero-order valence-electron chi connectivity index (χ0n) is 19.4. The molecule has 0 bridgehead atoms. The van der Waals surface area contributed by atoms with Crippen LogP contribution >= 0.6 is 0 Å². The predicted molar refractivity (Wildman–Crippen MR) is 131 cm³/mol. The monoisotopic (exact) mass is 412 g/mol. The maximum absolute atomic E-state index is 2.86. The largest absolute Gasteiger partial charge is 0.356 e. The SMILES string of the molecule is C/C(=C1\CC23C1CCCCN2CCCN3/C(C)=C(\C)c1ccccc1)c1ccccc1. The Morgan fingerprint density at radius 3 is 2.13 bits per heavy atom. The molecule has 0 aromatic heterocycles. The summed E-state index contributed by atoms with van der Waals surface area (Å²) in [6.45, 7) is 10.7. The van der Waals surface area contributed by atoms with Crippen molar-refractivity contribution in [2.45, 2.75) is 58.5 Å². The van der Waals surface area contributed by atoms with E-state index in [4.69, 9.17) is 0 Å². The van der Waals surface area contributed by atoms with Crippen molar-refractivity contribution in [3.8, 4) is 0 Å². The molecule has 3 aliphatic rings. The average Bonchev–Trinajstić information content (AvgIpc) is 2.96. The molecule has 0 radical (unpaired) electrons. The van der Waals surface area contributed by atoms with Gasteiger partial charge in [-0.1, -0.05) is 72.7 Å². The molecule has 2 heteroatoms. The Balaban J connectivity index is 1.57. The van der Waals surface area contributed by atoms with Crippen LogP contribution in [0.5, 0.6) is 0 Å². The lowest BCUT2D eigenvalue weighted by Gasteiger charge is -2.65. The molecule has 5 rings (SSSR count). The Morgan fingerprint density at radius 1 is 0.774 bits per heavy atom. The summed E-state index contributed by atoms with van der Waals surface area (Å²) in [7, 11) is 0. The molecule has 2 aliphatic heterocycles. The van der Waals surface area contributed by atoms with E-state index >= 15 is 0 Å². The molecular formula is C29H36N2. The summed E-state index contributed by atoms with van der Waals surface area (Å²) in [5, 5.41) is 0. The van der Waals surface area contributed by atoms with Gasteiger partial charge in [-0.25, -0.2) is 0 Å². The van der Waals surface area contributed by atoms with Crippen molar-refractivity contribution in [1.82, 2.24) is 9.80 Å². The maximum atomic E-state index is 2.86. The van der Waals surface area contributed by atoms with Crippen LogP contribution in [0.2, 0.25) is 0 Å². The van der Waals surface area contributed by atoms with Gasteiger partial charge in [-0.3, -0.25) is 4.90 Å². The summed E-state index contributed by atoms with van der Waals surface area (Å²) >= 11 is 0. The maximum Gasteiger partial charge on any atom is 0.103 e. The summed E-state index contributed by atoms with van der Waals surface area (Å²) in [6, 6.07) is 22.0. The molecular weight excluding hydrogens is 376 g/mol. The second-order valence-electron chi connectivity index (χ2n) is 9.69. The predicted octanol–water partition coefficient (Wildman–Crippen LogP) is 6.82. The first-order valence-corrected chi connectivity index (χ1v) is 12.1. The Hall–Kier alpha value is -2.32. The number of hydrogen-bond donors (Lipinski definition) is 0. The van der Waals surface area contributed by atoms with E-state index in [0.29, 0.717) is 5.92 Å². The smallest absolute Gasteiger partial charge is 0.103 e. The fraction of sp³-hybridized carbons (Fsp3) is 0.448. The quantitative estimate of drug-likeness (QED) is 0.546. The van der Waals surface area contributed by atoms with Gasteiger partial charge >= 0.3 is 0 Å². The van der Waals surface area contributed by atoms with Crippen LogP contribution in [0.4, 0.5) is 0 Å². The molecule has 2 saturated heterocycles. The van der Waals surface area contributed by atoms with Gasteiger partial charge in [-0.2, -0.15) is 0 Å². The van der Waals surface area contributed by atoms with Crippen molar-refractivity contribution in [1.29, 1.82) is 0 Å². The zero-order valence-corrected chi connectivity index (χ0v) is 19.4. The van der Waals surface area contributed by atoms with Crippen molar-refractivity contribution in [3.05, 3.63) is 83.1 Å². The van der Waals surface area contributed by atoms with Gasteiger partial charge in [0.15, 0.2) is 0 Å². The minimum absolute atomic E-state index is 0.181. The van der Waals surface area contributed by atoms with E-state index in [-0.39, 0.29) is 5.66 Å². The Kier molecular flexibility index (Phi) is 5.52. The summed E-state index contributed by atoms with van der Waals surface area (Å²) in [4.78, 5) is 5.67. The number of allylic oxidation sites excluding steroid dienone is 3. The van der Waals surface area contributed by atoms with Gasteiger partial charge in [-0.15, -0.1) is 0 Å². The molecule has 2 heterocycles. The Morgan fingerprint density at radius 2 is 1.42 bits per heavy atom. The van der Waals surface area contributed by atoms with E-state index in [0.717, 1.165) is 0 Å². The van der Waals surface area contributed by atoms with E-state index in [2.05, 4.69) is 91.2 Å². The number of hydrogen-bond acceptors (Lipinski definition) is 2. The summed E-state index contributed by atoms with van der Waals surface area (Å²) in [6.07, 6.45) is 6.47. The molecule has 0 N–H and O–H groups in total. The molecule has 162 valence electrons. The molecule has 2 aromatic carbocycles. The van der Waals surface area contributed by atoms with Crippen molar-refractivity contribution in [2.24, 2.45) is 5.92 Å². The van der Waals surface area contributed by atoms with Crippen LogP contribution in [0.3, 0.4) is 0 Å².